The molecule has 0 amide bonds. The zero-order valence-corrected chi connectivity index (χ0v) is 9.53. The Balaban J connectivity index is 2.12. The van der Waals surface area contributed by atoms with Gasteiger partial charge in [-0.15, -0.1) is 0 Å². The molecule has 1 aromatic carbocycles. The van der Waals surface area contributed by atoms with Crippen molar-refractivity contribution >= 4 is 0 Å². The summed E-state index contributed by atoms with van der Waals surface area (Å²) in [6.45, 7) is 7.89. The van der Waals surface area contributed by atoms with E-state index < -0.39 is 0 Å². The van der Waals surface area contributed by atoms with Gasteiger partial charge >= 0.3 is 0 Å². The lowest BCUT2D eigenvalue weighted by Crippen LogP contribution is -2.21. The van der Waals surface area contributed by atoms with Crippen LogP contribution in [0.4, 0.5) is 0 Å². The Morgan fingerprint density at radius 3 is 3.25 bits per heavy atom. The molecule has 1 aliphatic rings. The van der Waals surface area contributed by atoms with Crippen LogP contribution in [0.3, 0.4) is 0 Å². The average molecular weight is 219 g/mol. The molecule has 1 aromatic rings. The average Bonchev–Trinajstić information content (AvgIpc) is 2.70. The Hall–Kier alpha value is -1.48. The molecule has 1 atom stereocenters. The summed E-state index contributed by atoms with van der Waals surface area (Å²) in [6, 6.07) is 6.29. The molecule has 2 rings (SSSR count). The lowest BCUT2D eigenvalue weighted by atomic mass is 10.1. The first-order valence-electron chi connectivity index (χ1n) is 5.59. The summed E-state index contributed by atoms with van der Waals surface area (Å²) < 4.78 is 11.1. The van der Waals surface area contributed by atoms with Crippen molar-refractivity contribution in [2.24, 2.45) is 0 Å². The van der Waals surface area contributed by atoms with Crippen LogP contribution in [-0.4, -0.2) is 19.8 Å². The molecule has 0 spiro atoms. The standard InChI is InChI=1S/C13H17NO2/c1-3-7-15-10-5-6-11-12(14-4-2)9-16-13(11)8-10/h3,5-6,8,12,14H,1,4,7,9H2,2H3. The van der Waals surface area contributed by atoms with Crippen molar-refractivity contribution < 1.29 is 9.47 Å². The van der Waals surface area contributed by atoms with Crippen LogP contribution in [0.15, 0.2) is 30.9 Å². The lowest BCUT2D eigenvalue weighted by Gasteiger charge is -2.09. The molecule has 1 aliphatic heterocycles. The van der Waals surface area contributed by atoms with Gasteiger partial charge in [0, 0.05) is 11.6 Å². The quantitative estimate of drug-likeness (QED) is 0.771. The summed E-state index contributed by atoms with van der Waals surface area (Å²) in [5.41, 5.74) is 1.22. The highest BCUT2D eigenvalue weighted by Gasteiger charge is 2.23. The van der Waals surface area contributed by atoms with Crippen molar-refractivity contribution in [3.63, 3.8) is 0 Å². The van der Waals surface area contributed by atoms with Gasteiger partial charge in [0.25, 0.3) is 0 Å². The molecule has 0 radical (unpaired) electrons. The smallest absolute Gasteiger partial charge is 0.128 e. The van der Waals surface area contributed by atoms with Gasteiger partial charge in [-0.25, -0.2) is 0 Å². The van der Waals surface area contributed by atoms with E-state index in [-0.39, 0.29) is 0 Å². The van der Waals surface area contributed by atoms with Gasteiger partial charge < -0.3 is 14.8 Å². The van der Waals surface area contributed by atoms with E-state index in [1.165, 1.54) is 5.56 Å². The van der Waals surface area contributed by atoms with Crippen molar-refractivity contribution in [3.8, 4) is 11.5 Å². The molecule has 16 heavy (non-hydrogen) atoms. The van der Waals surface area contributed by atoms with Crippen molar-refractivity contribution in [2.45, 2.75) is 13.0 Å². The summed E-state index contributed by atoms with van der Waals surface area (Å²) in [7, 11) is 0. The molecular formula is C13H17NO2. The Bertz CT molecular complexity index is 376. The van der Waals surface area contributed by atoms with Gasteiger partial charge in [0.05, 0.1) is 6.04 Å². The molecule has 0 fully saturated rings. The van der Waals surface area contributed by atoms with Gasteiger partial charge in [0.15, 0.2) is 0 Å². The van der Waals surface area contributed by atoms with Crippen molar-refractivity contribution in [2.75, 3.05) is 19.8 Å². The summed E-state index contributed by atoms with van der Waals surface area (Å²) in [4.78, 5) is 0. The fourth-order valence-corrected chi connectivity index (χ4v) is 1.85. The second kappa shape index (κ2) is 5.03. The minimum atomic E-state index is 0.313. The predicted molar refractivity (Wildman–Crippen MR) is 64.0 cm³/mol. The fourth-order valence-electron chi connectivity index (χ4n) is 1.85. The first-order chi connectivity index (χ1) is 7.85. The predicted octanol–water partition coefficient (Wildman–Crippen LogP) is 2.29. The van der Waals surface area contributed by atoms with E-state index in [9.17, 15) is 0 Å². The zero-order valence-electron chi connectivity index (χ0n) is 9.53. The summed E-state index contributed by atoms with van der Waals surface area (Å²) in [5, 5.41) is 3.38. The fraction of sp³-hybridized carbons (Fsp3) is 0.385. The van der Waals surface area contributed by atoms with E-state index in [1.807, 2.05) is 12.1 Å². The van der Waals surface area contributed by atoms with Gasteiger partial charge in [0.2, 0.25) is 0 Å². The molecule has 0 aliphatic carbocycles. The number of ether oxygens (including phenoxy) is 2. The van der Waals surface area contributed by atoms with E-state index in [0.29, 0.717) is 19.3 Å². The van der Waals surface area contributed by atoms with Gasteiger partial charge in [-0.05, 0) is 18.7 Å². The molecule has 86 valence electrons. The van der Waals surface area contributed by atoms with Crippen LogP contribution in [0.2, 0.25) is 0 Å². The maximum atomic E-state index is 5.62. The van der Waals surface area contributed by atoms with Gasteiger partial charge in [0.1, 0.15) is 24.7 Å². The van der Waals surface area contributed by atoms with E-state index in [0.717, 1.165) is 18.0 Å². The second-order valence-electron chi connectivity index (χ2n) is 3.72. The van der Waals surface area contributed by atoms with Crippen LogP contribution in [0.5, 0.6) is 11.5 Å². The third-order valence-corrected chi connectivity index (χ3v) is 2.58. The molecule has 1 heterocycles. The van der Waals surface area contributed by atoms with Crippen LogP contribution < -0.4 is 14.8 Å². The number of nitrogens with one attached hydrogen (secondary N) is 1. The summed E-state index contributed by atoms with van der Waals surface area (Å²) in [6.07, 6.45) is 1.73. The van der Waals surface area contributed by atoms with E-state index in [2.05, 4.69) is 24.9 Å². The third-order valence-electron chi connectivity index (χ3n) is 2.58. The number of fused-ring (bicyclic) bond motifs is 1. The monoisotopic (exact) mass is 219 g/mol. The van der Waals surface area contributed by atoms with Crippen LogP contribution in [-0.2, 0) is 0 Å². The normalized spacial score (nSPS) is 17.7. The largest absolute Gasteiger partial charge is 0.491 e. The van der Waals surface area contributed by atoms with E-state index in [4.69, 9.17) is 9.47 Å². The Kier molecular flexibility index (Phi) is 3.47. The van der Waals surface area contributed by atoms with E-state index in [1.54, 1.807) is 6.08 Å². The first kappa shape index (κ1) is 11.0. The third kappa shape index (κ3) is 2.19. The van der Waals surface area contributed by atoms with Crippen molar-refractivity contribution in [3.05, 3.63) is 36.4 Å². The number of likely N-dealkylation sites (N-methyl/N-ethyl adjacent to an activating group) is 1. The highest BCUT2D eigenvalue weighted by atomic mass is 16.5. The summed E-state index contributed by atoms with van der Waals surface area (Å²) in [5.74, 6) is 1.75. The molecule has 1 unspecified atom stereocenters. The second-order valence-corrected chi connectivity index (χ2v) is 3.72. The Morgan fingerprint density at radius 1 is 1.62 bits per heavy atom. The molecule has 1 N–H and O–H groups in total. The van der Waals surface area contributed by atoms with Crippen molar-refractivity contribution in [1.29, 1.82) is 0 Å². The highest BCUT2D eigenvalue weighted by molar-refractivity contribution is 5.45. The maximum Gasteiger partial charge on any atom is 0.128 e. The molecular weight excluding hydrogens is 202 g/mol. The highest BCUT2D eigenvalue weighted by Crippen LogP contribution is 2.35. The number of hydrogen-bond acceptors (Lipinski definition) is 3. The minimum absolute atomic E-state index is 0.313. The van der Waals surface area contributed by atoms with E-state index >= 15 is 0 Å². The van der Waals surface area contributed by atoms with Crippen LogP contribution >= 0.6 is 0 Å². The SMILES string of the molecule is C=CCOc1ccc2c(c1)OCC2NCC. The van der Waals surface area contributed by atoms with Gasteiger partial charge in [-0.1, -0.05) is 19.6 Å². The Labute approximate surface area is 96.1 Å². The molecule has 0 saturated heterocycles. The lowest BCUT2D eigenvalue weighted by molar-refractivity contribution is 0.310. The zero-order chi connectivity index (χ0) is 11.4. The van der Waals surface area contributed by atoms with Crippen LogP contribution in [0.1, 0.15) is 18.5 Å². The molecule has 0 saturated carbocycles. The van der Waals surface area contributed by atoms with Crippen molar-refractivity contribution in [1.82, 2.24) is 5.32 Å². The molecule has 3 heteroatoms. The van der Waals surface area contributed by atoms with Gasteiger partial charge in [-0.3, -0.25) is 0 Å². The molecule has 0 aromatic heterocycles. The first-order valence-corrected chi connectivity index (χ1v) is 5.59. The molecule has 0 bridgehead atoms. The minimum Gasteiger partial charge on any atom is -0.491 e. The number of rotatable bonds is 5. The number of benzene rings is 1. The van der Waals surface area contributed by atoms with Crippen LogP contribution in [0.25, 0.3) is 0 Å². The summed E-state index contributed by atoms with van der Waals surface area (Å²) >= 11 is 0. The number of hydrogen-bond donors (Lipinski definition) is 1. The van der Waals surface area contributed by atoms with Gasteiger partial charge in [-0.2, -0.15) is 0 Å². The molecule has 3 nitrogen and oxygen atoms in total. The topological polar surface area (TPSA) is 30.5 Å². The van der Waals surface area contributed by atoms with Crippen LogP contribution in [0, 0.1) is 0 Å². The maximum absolute atomic E-state index is 5.62. The Morgan fingerprint density at radius 2 is 2.50 bits per heavy atom.